The van der Waals surface area contributed by atoms with Crippen LogP contribution in [0.15, 0.2) is 22.7 Å². The molecule has 77 valence electrons. The first-order valence-electron chi connectivity index (χ1n) is 4.02. The molecule has 0 aliphatic carbocycles. The van der Waals surface area contributed by atoms with Crippen molar-refractivity contribution in [2.75, 3.05) is 0 Å². The van der Waals surface area contributed by atoms with Crippen LogP contribution in [0.4, 0.5) is 13.2 Å². The van der Waals surface area contributed by atoms with Crippen LogP contribution in [0.25, 0.3) is 0 Å². The maximum absolute atomic E-state index is 12.4. The molecule has 0 bridgehead atoms. The predicted molar refractivity (Wildman–Crippen MR) is 52.9 cm³/mol. The summed E-state index contributed by atoms with van der Waals surface area (Å²) < 4.78 is 37.4. The van der Waals surface area contributed by atoms with Gasteiger partial charge in [0.1, 0.15) is 0 Å². The van der Waals surface area contributed by atoms with E-state index >= 15 is 0 Å². The lowest BCUT2D eigenvalue weighted by atomic mass is 10.0. The molecular formula is C10H9BrF3. The first-order chi connectivity index (χ1) is 6.32. The Balaban J connectivity index is 3.22. The molecule has 0 fully saturated rings. The van der Waals surface area contributed by atoms with Crippen molar-refractivity contribution in [1.82, 2.24) is 0 Å². The number of rotatable bonds is 1. The normalized spacial score (nSPS) is 12.2. The summed E-state index contributed by atoms with van der Waals surface area (Å²) in [5.74, 6) is -0.149. The molecule has 0 spiro atoms. The molecule has 14 heavy (non-hydrogen) atoms. The van der Waals surface area contributed by atoms with Gasteiger partial charge in [-0.3, -0.25) is 0 Å². The standard InChI is InChI=1S/C10H9BrF3/c1-6(2)7-3-4-9(11)8(5-7)10(12,13)14/h3-6H,1H2,2H3. The van der Waals surface area contributed by atoms with Gasteiger partial charge in [0, 0.05) is 4.47 Å². The topological polar surface area (TPSA) is 0 Å². The second kappa shape index (κ2) is 3.93. The lowest BCUT2D eigenvalue weighted by molar-refractivity contribution is -0.138. The molecule has 1 atom stereocenters. The van der Waals surface area contributed by atoms with E-state index < -0.39 is 11.7 Å². The SMILES string of the molecule is [CH2]C(C)c1ccc(Br)c(C(F)(F)F)c1. The Kier molecular flexibility index (Phi) is 3.24. The average molecular weight is 266 g/mol. The van der Waals surface area contributed by atoms with E-state index in [0.29, 0.717) is 5.56 Å². The summed E-state index contributed by atoms with van der Waals surface area (Å²) in [6, 6.07) is 4.17. The van der Waals surface area contributed by atoms with Gasteiger partial charge in [0.15, 0.2) is 0 Å². The van der Waals surface area contributed by atoms with Crippen LogP contribution in [0, 0.1) is 6.92 Å². The van der Waals surface area contributed by atoms with E-state index in [1.54, 1.807) is 13.0 Å². The van der Waals surface area contributed by atoms with E-state index in [9.17, 15) is 13.2 Å². The molecule has 0 aliphatic heterocycles. The van der Waals surface area contributed by atoms with Crippen LogP contribution in [0.5, 0.6) is 0 Å². The largest absolute Gasteiger partial charge is 0.417 e. The van der Waals surface area contributed by atoms with Crippen molar-refractivity contribution in [3.8, 4) is 0 Å². The molecule has 1 aromatic rings. The van der Waals surface area contributed by atoms with Gasteiger partial charge in [-0.1, -0.05) is 28.9 Å². The van der Waals surface area contributed by atoms with E-state index in [1.165, 1.54) is 6.07 Å². The van der Waals surface area contributed by atoms with Gasteiger partial charge >= 0.3 is 6.18 Å². The van der Waals surface area contributed by atoms with Crippen LogP contribution in [0.1, 0.15) is 24.0 Å². The Morgan fingerprint density at radius 2 is 1.93 bits per heavy atom. The van der Waals surface area contributed by atoms with E-state index in [4.69, 9.17) is 0 Å². The third-order valence-corrected chi connectivity index (χ3v) is 2.56. The maximum Gasteiger partial charge on any atom is 0.417 e. The Bertz CT molecular complexity index is 329. The Labute approximate surface area is 89.3 Å². The number of halogens is 4. The predicted octanol–water partition coefficient (Wildman–Crippen LogP) is 4.41. The molecule has 0 amide bonds. The Morgan fingerprint density at radius 3 is 2.36 bits per heavy atom. The number of hydrogen-bond acceptors (Lipinski definition) is 0. The minimum absolute atomic E-state index is 0.0643. The Morgan fingerprint density at radius 1 is 1.36 bits per heavy atom. The van der Waals surface area contributed by atoms with Crippen molar-refractivity contribution >= 4 is 15.9 Å². The van der Waals surface area contributed by atoms with Crippen LogP contribution >= 0.6 is 15.9 Å². The smallest absolute Gasteiger partial charge is 0.166 e. The van der Waals surface area contributed by atoms with Crippen molar-refractivity contribution in [3.05, 3.63) is 40.7 Å². The highest BCUT2D eigenvalue weighted by Crippen LogP contribution is 2.36. The maximum atomic E-state index is 12.4. The summed E-state index contributed by atoms with van der Waals surface area (Å²) in [5, 5.41) is 0. The monoisotopic (exact) mass is 265 g/mol. The van der Waals surface area contributed by atoms with Gasteiger partial charge in [-0.25, -0.2) is 0 Å². The van der Waals surface area contributed by atoms with Crippen LogP contribution in [-0.4, -0.2) is 0 Å². The molecule has 1 unspecified atom stereocenters. The highest BCUT2D eigenvalue weighted by Gasteiger charge is 2.33. The van der Waals surface area contributed by atoms with Crippen LogP contribution in [0.2, 0.25) is 0 Å². The summed E-state index contributed by atoms with van der Waals surface area (Å²) >= 11 is 2.87. The molecule has 4 heteroatoms. The molecule has 1 aromatic carbocycles. The van der Waals surface area contributed by atoms with E-state index in [1.807, 2.05) is 0 Å². The zero-order valence-electron chi connectivity index (χ0n) is 7.53. The Hall–Kier alpha value is -0.510. The van der Waals surface area contributed by atoms with Crippen LogP contribution in [-0.2, 0) is 6.18 Å². The van der Waals surface area contributed by atoms with Crippen molar-refractivity contribution in [2.24, 2.45) is 0 Å². The quantitative estimate of drug-likeness (QED) is 0.706. The number of alkyl halides is 3. The van der Waals surface area contributed by atoms with Crippen molar-refractivity contribution in [2.45, 2.75) is 19.0 Å². The lowest BCUT2D eigenvalue weighted by Crippen LogP contribution is -2.07. The van der Waals surface area contributed by atoms with Crippen molar-refractivity contribution in [3.63, 3.8) is 0 Å². The zero-order valence-corrected chi connectivity index (χ0v) is 9.11. The molecule has 1 radical (unpaired) electrons. The molecule has 0 nitrogen and oxygen atoms in total. The van der Waals surface area contributed by atoms with E-state index in [2.05, 4.69) is 22.9 Å². The third kappa shape index (κ3) is 2.50. The molecular weight excluding hydrogens is 257 g/mol. The third-order valence-electron chi connectivity index (χ3n) is 1.86. The fourth-order valence-corrected chi connectivity index (χ4v) is 1.54. The van der Waals surface area contributed by atoms with Gasteiger partial charge in [0.25, 0.3) is 0 Å². The zero-order chi connectivity index (χ0) is 10.9. The van der Waals surface area contributed by atoms with E-state index in [-0.39, 0.29) is 10.4 Å². The summed E-state index contributed by atoms with van der Waals surface area (Å²) in [7, 11) is 0. The van der Waals surface area contributed by atoms with Gasteiger partial charge in [-0.05, 0) is 30.5 Å². The fourth-order valence-electron chi connectivity index (χ4n) is 1.07. The first kappa shape index (κ1) is 11.6. The second-order valence-electron chi connectivity index (χ2n) is 3.14. The van der Waals surface area contributed by atoms with Gasteiger partial charge in [-0.2, -0.15) is 13.2 Å². The van der Waals surface area contributed by atoms with Gasteiger partial charge in [0.2, 0.25) is 0 Å². The summed E-state index contributed by atoms with van der Waals surface area (Å²) in [4.78, 5) is 0. The number of hydrogen-bond donors (Lipinski definition) is 0. The molecule has 0 aromatic heterocycles. The highest BCUT2D eigenvalue weighted by molar-refractivity contribution is 9.10. The average Bonchev–Trinajstić information content (AvgIpc) is 2.02. The molecule has 0 aliphatic rings. The van der Waals surface area contributed by atoms with E-state index in [0.717, 1.165) is 6.07 Å². The summed E-state index contributed by atoms with van der Waals surface area (Å²) in [5.41, 5.74) is -0.0639. The fraction of sp³-hybridized carbons (Fsp3) is 0.300. The van der Waals surface area contributed by atoms with Gasteiger partial charge < -0.3 is 0 Å². The molecule has 0 saturated heterocycles. The molecule has 0 N–H and O–H groups in total. The highest BCUT2D eigenvalue weighted by atomic mass is 79.9. The lowest BCUT2D eigenvalue weighted by Gasteiger charge is -2.12. The summed E-state index contributed by atoms with van der Waals surface area (Å²) in [6.45, 7) is 5.43. The summed E-state index contributed by atoms with van der Waals surface area (Å²) in [6.07, 6.45) is -4.32. The van der Waals surface area contributed by atoms with Crippen LogP contribution < -0.4 is 0 Å². The van der Waals surface area contributed by atoms with Crippen molar-refractivity contribution in [1.29, 1.82) is 0 Å². The van der Waals surface area contributed by atoms with Crippen molar-refractivity contribution < 1.29 is 13.2 Å². The minimum atomic E-state index is -4.32. The van der Waals surface area contributed by atoms with Gasteiger partial charge in [0.05, 0.1) is 5.56 Å². The molecule has 0 saturated carbocycles. The minimum Gasteiger partial charge on any atom is -0.166 e. The number of benzene rings is 1. The first-order valence-corrected chi connectivity index (χ1v) is 4.81. The van der Waals surface area contributed by atoms with Gasteiger partial charge in [-0.15, -0.1) is 0 Å². The van der Waals surface area contributed by atoms with Crippen LogP contribution in [0.3, 0.4) is 0 Å². The molecule has 0 heterocycles. The molecule has 1 rings (SSSR count). The second-order valence-corrected chi connectivity index (χ2v) is 3.99.